The van der Waals surface area contributed by atoms with E-state index in [1.54, 1.807) is 0 Å². The molecule has 0 aliphatic carbocycles. The van der Waals surface area contributed by atoms with E-state index in [2.05, 4.69) is 58.5 Å². The Hall–Kier alpha value is -0.123. The van der Waals surface area contributed by atoms with Crippen molar-refractivity contribution < 1.29 is 4.43 Å². The van der Waals surface area contributed by atoms with E-state index < -0.39 is 8.32 Å². The summed E-state index contributed by atoms with van der Waals surface area (Å²) in [6.07, 6.45) is 6.39. The summed E-state index contributed by atoms with van der Waals surface area (Å²) in [6, 6.07) is 1.39. The normalized spacial score (nSPS) is 36.5. The molecule has 2 nitrogen and oxygen atoms in total. The summed E-state index contributed by atoms with van der Waals surface area (Å²) in [5.41, 5.74) is 0. The summed E-state index contributed by atoms with van der Waals surface area (Å²) >= 11 is 0. The highest BCUT2D eigenvalue weighted by molar-refractivity contribution is 6.74. The van der Waals surface area contributed by atoms with Crippen LogP contribution in [-0.4, -0.2) is 38.5 Å². The molecule has 2 rings (SSSR count). The smallest absolute Gasteiger partial charge is 0.192 e. The zero-order chi connectivity index (χ0) is 14.4. The number of hydrogen-bond donors (Lipinski definition) is 0. The number of nitrogens with zero attached hydrogens (tertiary/aromatic N) is 1. The van der Waals surface area contributed by atoms with Gasteiger partial charge in [-0.05, 0) is 44.4 Å². The number of rotatable bonds is 3. The highest BCUT2D eigenvalue weighted by atomic mass is 28.4. The van der Waals surface area contributed by atoms with Crippen LogP contribution in [0, 0.1) is 5.92 Å². The number of piperidine rings is 1. The second-order valence-electron chi connectivity index (χ2n) is 7.93. The molecule has 4 atom stereocenters. The van der Waals surface area contributed by atoms with E-state index in [0.29, 0.717) is 23.1 Å². The second kappa shape index (κ2) is 5.01. The molecule has 2 saturated heterocycles. The monoisotopic (exact) mass is 281 g/mol. The fourth-order valence-corrected chi connectivity index (χ4v) is 4.82. The lowest BCUT2D eigenvalue weighted by Gasteiger charge is -2.47. The molecule has 0 spiro atoms. The first-order valence-corrected chi connectivity index (χ1v) is 10.6. The Morgan fingerprint density at radius 2 is 1.89 bits per heavy atom. The third-order valence-corrected chi connectivity index (χ3v) is 10.3. The zero-order valence-corrected chi connectivity index (χ0v) is 14.6. The standard InChI is InChI=1S/C16H31NOSi/c1-8-13-14-10-9-12(17(14)5)11-15(13)18-19(6,7)16(2,3)4/h8,12-15H,1,9-11H2,2-7H3/t12?,13-,14?,15+/m1/s1. The van der Waals surface area contributed by atoms with Gasteiger partial charge in [-0.2, -0.15) is 0 Å². The van der Waals surface area contributed by atoms with Gasteiger partial charge in [0.2, 0.25) is 0 Å². The molecule has 0 aromatic carbocycles. The summed E-state index contributed by atoms with van der Waals surface area (Å²) in [4.78, 5) is 2.57. The topological polar surface area (TPSA) is 12.5 Å². The van der Waals surface area contributed by atoms with Gasteiger partial charge >= 0.3 is 0 Å². The van der Waals surface area contributed by atoms with E-state index in [1.165, 1.54) is 19.3 Å². The lowest BCUT2D eigenvalue weighted by molar-refractivity contribution is 0.0215. The lowest BCUT2D eigenvalue weighted by atomic mass is 9.88. The molecule has 2 heterocycles. The van der Waals surface area contributed by atoms with Crippen molar-refractivity contribution in [2.45, 2.75) is 76.4 Å². The van der Waals surface area contributed by atoms with Crippen molar-refractivity contribution in [3.63, 3.8) is 0 Å². The van der Waals surface area contributed by atoms with E-state index in [0.717, 1.165) is 6.04 Å². The maximum Gasteiger partial charge on any atom is 0.192 e. The highest BCUT2D eigenvalue weighted by Gasteiger charge is 2.48. The van der Waals surface area contributed by atoms with Crippen LogP contribution in [-0.2, 0) is 4.43 Å². The van der Waals surface area contributed by atoms with E-state index in [4.69, 9.17) is 4.43 Å². The second-order valence-corrected chi connectivity index (χ2v) is 12.7. The minimum Gasteiger partial charge on any atom is -0.413 e. The van der Waals surface area contributed by atoms with Gasteiger partial charge < -0.3 is 4.43 Å². The Labute approximate surface area is 120 Å². The number of fused-ring (bicyclic) bond motifs is 2. The van der Waals surface area contributed by atoms with Crippen LogP contribution < -0.4 is 0 Å². The van der Waals surface area contributed by atoms with Crippen molar-refractivity contribution in [1.29, 1.82) is 0 Å². The van der Waals surface area contributed by atoms with Crippen LogP contribution in [0.1, 0.15) is 40.0 Å². The Morgan fingerprint density at radius 3 is 2.42 bits per heavy atom. The molecule has 2 aliphatic rings. The SMILES string of the molecule is C=C[C@@H]1C2CCC(C[C@@H]1O[Si](C)(C)C(C)(C)C)N2C. The van der Waals surface area contributed by atoms with E-state index >= 15 is 0 Å². The quantitative estimate of drug-likeness (QED) is 0.572. The fourth-order valence-electron chi connectivity index (χ4n) is 3.45. The average molecular weight is 282 g/mol. The Kier molecular flexibility index (Phi) is 4.03. The lowest BCUT2D eigenvalue weighted by Crippen LogP contribution is -2.54. The summed E-state index contributed by atoms with van der Waals surface area (Å²) in [5.74, 6) is 0.512. The first kappa shape index (κ1) is 15.3. The van der Waals surface area contributed by atoms with Crippen LogP contribution in [0.5, 0.6) is 0 Å². The van der Waals surface area contributed by atoms with Gasteiger partial charge in [0, 0.05) is 18.0 Å². The van der Waals surface area contributed by atoms with Crippen molar-refractivity contribution in [3.8, 4) is 0 Å². The molecule has 2 unspecified atom stereocenters. The van der Waals surface area contributed by atoms with Crippen LogP contribution >= 0.6 is 0 Å². The average Bonchev–Trinajstić information content (AvgIpc) is 2.54. The molecular weight excluding hydrogens is 250 g/mol. The van der Waals surface area contributed by atoms with Gasteiger partial charge in [0.15, 0.2) is 8.32 Å². The van der Waals surface area contributed by atoms with Crippen molar-refractivity contribution in [2.24, 2.45) is 5.92 Å². The minimum absolute atomic E-state index is 0.293. The summed E-state index contributed by atoms with van der Waals surface area (Å²) < 4.78 is 6.72. The maximum absolute atomic E-state index is 6.72. The largest absolute Gasteiger partial charge is 0.413 e. The van der Waals surface area contributed by atoms with Gasteiger partial charge in [0.25, 0.3) is 0 Å². The molecular formula is C16H31NOSi. The van der Waals surface area contributed by atoms with Crippen LogP contribution in [0.4, 0.5) is 0 Å². The number of hydrogen-bond acceptors (Lipinski definition) is 2. The predicted molar refractivity (Wildman–Crippen MR) is 84.9 cm³/mol. The molecule has 3 heteroatoms. The third-order valence-electron chi connectivity index (χ3n) is 5.80. The Morgan fingerprint density at radius 1 is 1.26 bits per heavy atom. The molecule has 2 aliphatic heterocycles. The van der Waals surface area contributed by atoms with Gasteiger partial charge in [-0.15, -0.1) is 6.58 Å². The fraction of sp³-hybridized carbons (Fsp3) is 0.875. The van der Waals surface area contributed by atoms with Crippen molar-refractivity contribution in [1.82, 2.24) is 4.90 Å². The minimum atomic E-state index is -1.67. The van der Waals surface area contributed by atoms with Gasteiger partial charge in [0.05, 0.1) is 6.10 Å². The maximum atomic E-state index is 6.72. The zero-order valence-electron chi connectivity index (χ0n) is 13.6. The molecule has 0 aromatic heterocycles. The molecule has 0 saturated carbocycles. The van der Waals surface area contributed by atoms with E-state index in [9.17, 15) is 0 Å². The van der Waals surface area contributed by atoms with Gasteiger partial charge in [-0.25, -0.2) is 0 Å². The third kappa shape index (κ3) is 2.70. The van der Waals surface area contributed by atoms with Crippen LogP contribution in [0.2, 0.25) is 18.1 Å². The molecule has 0 radical (unpaired) electrons. The van der Waals surface area contributed by atoms with Gasteiger partial charge in [0.1, 0.15) is 0 Å². The molecule has 0 amide bonds. The highest BCUT2D eigenvalue weighted by Crippen LogP contribution is 2.44. The summed E-state index contributed by atoms with van der Waals surface area (Å²) in [6.45, 7) is 15.8. The Balaban J connectivity index is 2.15. The van der Waals surface area contributed by atoms with Crippen molar-refractivity contribution in [2.75, 3.05) is 7.05 Å². The van der Waals surface area contributed by atoms with Crippen LogP contribution in [0.15, 0.2) is 12.7 Å². The first-order chi connectivity index (χ1) is 8.67. The van der Waals surface area contributed by atoms with Crippen LogP contribution in [0.25, 0.3) is 0 Å². The molecule has 110 valence electrons. The Bertz CT molecular complexity index is 347. The molecule has 0 N–H and O–H groups in total. The predicted octanol–water partition coefficient (Wildman–Crippen LogP) is 4.05. The van der Waals surface area contributed by atoms with Crippen molar-refractivity contribution in [3.05, 3.63) is 12.7 Å². The summed E-state index contributed by atoms with van der Waals surface area (Å²) in [7, 11) is 0.609. The molecule has 2 fully saturated rings. The molecule has 0 aromatic rings. The van der Waals surface area contributed by atoms with E-state index in [-0.39, 0.29) is 0 Å². The van der Waals surface area contributed by atoms with Gasteiger partial charge in [-0.1, -0.05) is 26.8 Å². The van der Waals surface area contributed by atoms with Gasteiger partial charge in [-0.3, -0.25) is 4.90 Å². The molecule has 2 bridgehead atoms. The first-order valence-electron chi connectivity index (χ1n) is 7.69. The summed E-state index contributed by atoms with van der Waals surface area (Å²) in [5, 5.41) is 0.293. The van der Waals surface area contributed by atoms with Crippen molar-refractivity contribution >= 4 is 8.32 Å². The van der Waals surface area contributed by atoms with Crippen LogP contribution in [0.3, 0.4) is 0 Å². The van der Waals surface area contributed by atoms with E-state index in [1.807, 2.05) is 0 Å². The molecule has 19 heavy (non-hydrogen) atoms.